The molecule has 7 nitrogen and oxygen atoms in total. The van der Waals surface area contributed by atoms with Crippen LogP contribution in [0.3, 0.4) is 0 Å². The molecule has 0 unspecified atom stereocenters. The van der Waals surface area contributed by atoms with Crippen LogP contribution in [-0.2, 0) is 24.2 Å². The number of aryl methyl sites for hydroxylation is 1. The van der Waals surface area contributed by atoms with Crippen LogP contribution in [0.5, 0.6) is 5.75 Å². The van der Waals surface area contributed by atoms with Crippen molar-refractivity contribution < 1.29 is 14.3 Å². The molecular formula is C24H32N4O3. The Morgan fingerprint density at radius 2 is 2.13 bits per heavy atom. The van der Waals surface area contributed by atoms with Gasteiger partial charge in [0.25, 0.3) is 5.91 Å². The van der Waals surface area contributed by atoms with Crippen molar-refractivity contribution in [2.45, 2.75) is 57.9 Å². The maximum atomic E-state index is 13.1. The highest BCUT2D eigenvalue weighted by Crippen LogP contribution is 2.26. The van der Waals surface area contributed by atoms with Crippen LogP contribution >= 0.6 is 0 Å². The van der Waals surface area contributed by atoms with E-state index in [1.54, 1.807) is 7.11 Å². The fourth-order valence-electron chi connectivity index (χ4n) is 4.70. The molecule has 1 aromatic carbocycles. The Bertz CT molecular complexity index is 923. The molecular weight excluding hydrogens is 392 g/mol. The Labute approximate surface area is 183 Å². The summed E-state index contributed by atoms with van der Waals surface area (Å²) in [5.74, 6) is 1.24. The second-order valence-corrected chi connectivity index (χ2v) is 8.66. The zero-order chi connectivity index (χ0) is 21.6. The lowest BCUT2D eigenvalue weighted by Crippen LogP contribution is -2.40. The molecule has 1 atom stereocenters. The van der Waals surface area contributed by atoms with E-state index in [0.717, 1.165) is 74.1 Å². The van der Waals surface area contributed by atoms with Gasteiger partial charge in [-0.3, -0.25) is 14.7 Å². The number of ether oxygens (including phenoxy) is 1. The van der Waals surface area contributed by atoms with Crippen molar-refractivity contribution in [3.8, 4) is 5.75 Å². The van der Waals surface area contributed by atoms with E-state index in [-0.39, 0.29) is 11.8 Å². The molecule has 1 fully saturated rings. The van der Waals surface area contributed by atoms with Gasteiger partial charge in [-0.2, -0.15) is 5.10 Å². The summed E-state index contributed by atoms with van der Waals surface area (Å²) < 4.78 is 5.22. The summed E-state index contributed by atoms with van der Waals surface area (Å²) in [6.07, 6.45) is 7.54. The van der Waals surface area contributed by atoms with Gasteiger partial charge in [0.1, 0.15) is 5.75 Å². The van der Waals surface area contributed by atoms with Gasteiger partial charge < -0.3 is 15.0 Å². The zero-order valence-corrected chi connectivity index (χ0v) is 18.3. The molecule has 2 aromatic rings. The fourth-order valence-corrected chi connectivity index (χ4v) is 4.70. The Kier molecular flexibility index (Phi) is 6.89. The molecule has 31 heavy (non-hydrogen) atoms. The van der Waals surface area contributed by atoms with Crippen molar-refractivity contribution in [2.75, 3.05) is 20.2 Å². The van der Waals surface area contributed by atoms with E-state index >= 15 is 0 Å². The zero-order valence-electron chi connectivity index (χ0n) is 18.3. The average molecular weight is 425 g/mol. The van der Waals surface area contributed by atoms with Gasteiger partial charge in [0.15, 0.2) is 5.69 Å². The summed E-state index contributed by atoms with van der Waals surface area (Å²) >= 11 is 0. The van der Waals surface area contributed by atoms with Crippen LogP contribution < -0.4 is 10.1 Å². The normalized spacial score (nSPS) is 18.4. The van der Waals surface area contributed by atoms with Gasteiger partial charge in [-0.05, 0) is 68.6 Å². The number of aromatic amines is 1. The molecule has 2 heterocycles. The van der Waals surface area contributed by atoms with Crippen molar-refractivity contribution in [2.24, 2.45) is 5.92 Å². The first-order valence-electron chi connectivity index (χ1n) is 11.4. The van der Waals surface area contributed by atoms with Gasteiger partial charge in [-0.15, -0.1) is 0 Å². The number of carbonyl (C=O) groups is 2. The van der Waals surface area contributed by atoms with Gasteiger partial charge >= 0.3 is 0 Å². The summed E-state index contributed by atoms with van der Waals surface area (Å²) in [4.78, 5) is 27.4. The summed E-state index contributed by atoms with van der Waals surface area (Å²) in [6.45, 7) is 1.98. The number of H-pyrrole nitrogens is 1. The number of piperidine rings is 1. The van der Waals surface area contributed by atoms with Gasteiger partial charge in [-0.25, -0.2) is 0 Å². The number of amides is 2. The topological polar surface area (TPSA) is 87.3 Å². The SMILES string of the molecule is COc1cccc(CNC(=O)CC[C@H]2CCCN(C(=O)c3n[nH]c4c3CCCC4)C2)c1. The molecule has 0 saturated carbocycles. The summed E-state index contributed by atoms with van der Waals surface area (Å²) in [5, 5.41) is 10.4. The van der Waals surface area contributed by atoms with Gasteiger partial charge in [0.2, 0.25) is 5.91 Å². The molecule has 0 spiro atoms. The monoisotopic (exact) mass is 424 g/mol. The average Bonchev–Trinajstić information content (AvgIpc) is 3.25. The van der Waals surface area contributed by atoms with Crippen LogP contribution in [0.4, 0.5) is 0 Å². The molecule has 2 N–H and O–H groups in total. The van der Waals surface area contributed by atoms with Crippen LogP contribution in [0.15, 0.2) is 24.3 Å². The first-order chi connectivity index (χ1) is 15.1. The largest absolute Gasteiger partial charge is 0.497 e. The van der Waals surface area contributed by atoms with Crippen molar-refractivity contribution >= 4 is 11.8 Å². The highest BCUT2D eigenvalue weighted by atomic mass is 16.5. The minimum absolute atomic E-state index is 0.0478. The van der Waals surface area contributed by atoms with E-state index in [9.17, 15) is 9.59 Å². The van der Waals surface area contributed by atoms with E-state index in [2.05, 4.69) is 15.5 Å². The van der Waals surface area contributed by atoms with Crippen molar-refractivity contribution in [3.05, 3.63) is 46.8 Å². The maximum Gasteiger partial charge on any atom is 0.274 e. The number of hydrogen-bond acceptors (Lipinski definition) is 4. The molecule has 1 saturated heterocycles. The summed E-state index contributed by atoms with van der Waals surface area (Å²) in [5.41, 5.74) is 3.89. The van der Waals surface area contributed by atoms with Crippen molar-refractivity contribution in [1.29, 1.82) is 0 Å². The number of benzene rings is 1. The number of aromatic nitrogens is 2. The first-order valence-corrected chi connectivity index (χ1v) is 11.4. The molecule has 4 rings (SSSR count). The number of rotatable bonds is 7. The second-order valence-electron chi connectivity index (χ2n) is 8.66. The fraction of sp³-hybridized carbons (Fsp3) is 0.542. The van der Waals surface area contributed by atoms with E-state index in [4.69, 9.17) is 4.74 Å². The summed E-state index contributed by atoms with van der Waals surface area (Å²) in [6, 6.07) is 7.71. The molecule has 166 valence electrons. The minimum Gasteiger partial charge on any atom is -0.497 e. The van der Waals surface area contributed by atoms with Crippen LogP contribution in [0.2, 0.25) is 0 Å². The second kappa shape index (κ2) is 9.98. The lowest BCUT2D eigenvalue weighted by atomic mass is 9.92. The molecule has 2 amide bonds. The molecule has 1 aliphatic carbocycles. The Morgan fingerprint density at radius 3 is 3.00 bits per heavy atom. The predicted molar refractivity (Wildman–Crippen MR) is 118 cm³/mol. The standard InChI is InChI=1S/C24H32N4O3/c1-31-19-8-4-6-18(14-19)15-25-22(29)12-11-17-7-5-13-28(16-17)24(30)23-20-9-2-3-10-21(20)26-27-23/h4,6,8,14,17H,2-3,5,7,9-13,15-16H2,1H3,(H,25,29)(H,26,27)/t17-/m1/s1. The third kappa shape index (κ3) is 5.27. The third-order valence-electron chi connectivity index (χ3n) is 6.47. The number of fused-ring (bicyclic) bond motifs is 1. The Balaban J connectivity index is 1.25. The van der Waals surface area contributed by atoms with Gasteiger partial charge in [-0.1, -0.05) is 12.1 Å². The lowest BCUT2D eigenvalue weighted by molar-refractivity contribution is -0.121. The molecule has 0 radical (unpaired) electrons. The van der Waals surface area contributed by atoms with E-state index in [1.165, 1.54) is 0 Å². The van der Waals surface area contributed by atoms with E-state index < -0.39 is 0 Å². The lowest BCUT2D eigenvalue weighted by Gasteiger charge is -2.32. The number of carbonyl (C=O) groups excluding carboxylic acids is 2. The summed E-state index contributed by atoms with van der Waals surface area (Å²) in [7, 11) is 1.64. The quantitative estimate of drug-likeness (QED) is 0.714. The highest BCUT2D eigenvalue weighted by molar-refractivity contribution is 5.94. The van der Waals surface area contributed by atoms with Crippen LogP contribution in [0.25, 0.3) is 0 Å². The number of likely N-dealkylation sites (tertiary alicyclic amines) is 1. The Morgan fingerprint density at radius 1 is 1.26 bits per heavy atom. The van der Waals surface area contributed by atoms with Gasteiger partial charge in [0.05, 0.1) is 7.11 Å². The molecule has 1 aliphatic heterocycles. The maximum absolute atomic E-state index is 13.1. The highest BCUT2D eigenvalue weighted by Gasteiger charge is 2.29. The van der Waals surface area contributed by atoms with Crippen LogP contribution in [0, 0.1) is 5.92 Å². The van der Waals surface area contributed by atoms with Crippen molar-refractivity contribution in [3.63, 3.8) is 0 Å². The third-order valence-corrected chi connectivity index (χ3v) is 6.47. The molecule has 2 aliphatic rings. The Hall–Kier alpha value is -2.83. The molecule has 1 aromatic heterocycles. The number of nitrogens with one attached hydrogen (secondary N) is 2. The van der Waals surface area contributed by atoms with E-state index in [0.29, 0.717) is 31.1 Å². The van der Waals surface area contributed by atoms with Crippen molar-refractivity contribution in [1.82, 2.24) is 20.4 Å². The molecule has 0 bridgehead atoms. The smallest absolute Gasteiger partial charge is 0.274 e. The van der Waals surface area contributed by atoms with E-state index in [1.807, 2.05) is 29.2 Å². The van der Waals surface area contributed by atoms with Crippen LogP contribution in [-0.4, -0.2) is 47.1 Å². The van der Waals surface area contributed by atoms with Crippen LogP contribution in [0.1, 0.15) is 65.8 Å². The number of hydrogen-bond donors (Lipinski definition) is 2. The number of nitrogens with zero attached hydrogens (tertiary/aromatic N) is 2. The minimum atomic E-state index is 0.0478. The number of methoxy groups -OCH3 is 1. The first kappa shape index (κ1) is 21.4. The molecule has 7 heteroatoms. The predicted octanol–water partition coefficient (Wildman–Crippen LogP) is 3.25. The van der Waals surface area contributed by atoms with Gasteiger partial charge in [0, 0.05) is 37.3 Å².